The molecule has 0 bridgehead atoms. The number of hydrogen-bond donors (Lipinski definition) is 1. The molecule has 12 heteroatoms. The van der Waals surface area contributed by atoms with Crippen molar-refractivity contribution in [1.82, 2.24) is 18.7 Å². The summed E-state index contributed by atoms with van der Waals surface area (Å²) in [5, 5.41) is 10.4. The van der Waals surface area contributed by atoms with Gasteiger partial charge in [-0.1, -0.05) is 11.6 Å². The van der Waals surface area contributed by atoms with Gasteiger partial charge in [0.05, 0.1) is 6.26 Å². The number of halogens is 1. The van der Waals surface area contributed by atoms with Crippen molar-refractivity contribution >= 4 is 44.6 Å². The topological polar surface area (TPSA) is 106 Å². The maximum absolute atomic E-state index is 13.2. The van der Waals surface area contributed by atoms with Gasteiger partial charge in [-0.3, -0.25) is 4.79 Å². The molecule has 1 N–H and O–H groups in total. The van der Waals surface area contributed by atoms with Crippen molar-refractivity contribution in [3.63, 3.8) is 0 Å². The number of carbonyl (C=O) groups excluding carboxylic acids is 1. The molecule has 1 saturated heterocycles. The van der Waals surface area contributed by atoms with Gasteiger partial charge in [0.15, 0.2) is 0 Å². The highest BCUT2D eigenvalue weighted by Gasteiger charge is 2.30. The lowest BCUT2D eigenvalue weighted by Gasteiger charge is -2.29. The zero-order valence-electron chi connectivity index (χ0n) is 17.3. The summed E-state index contributed by atoms with van der Waals surface area (Å²) in [6.07, 6.45) is 2.29. The molecule has 170 valence electrons. The fourth-order valence-electron chi connectivity index (χ4n) is 3.71. The van der Waals surface area contributed by atoms with Gasteiger partial charge in [0.2, 0.25) is 15.9 Å². The second-order valence-corrected chi connectivity index (χ2v) is 10.9. The van der Waals surface area contributed by atoms with Gasteiger partial charge in [0, 0.05) is 29.7 Å². The van der Waals surface area contributed by atoms with E-state index in [1.165, 1.54) is 26.5 Å². The van der Waals surface area contributed by atoms with Gasteiger partial charge >= 0.3 is 5.69 Å². The van der Waals surface area contributed by atoms with E-state index in [-0.39, 0.29) is 18.4 Å². The first-order valence-corrected chi connectivity index (χ1v) is 13.1. The summed E-state index contributed by atoms with van der Waals surface area (Å²) in [5.41, 5.74) is 0.165. The molecule has 9 nitrogen and oxygen atoms in total. The molecule has 1 amide bonds. The molecule has 3 heterocycles. The van der Waals surface area contributed by atoms with Crippen molar-refractivity contribution in [2.45, 2.75) is 25.3 Å². The summed E-state index contributed by atoms with van der Waals surface area (Å²) < 4.78 is 27.8. The number of aromatic nitrogens is 3. The van der Waals surface area contributed by atoms with Crippen LogP contribution in [-0.2, 0) is 21.4 Å². The Balaban J connectivity index is 1.59. The summed E-state index contributed by atoms with van der Waals surface area (Å²) in [6, 6.07) is 10.3. The minimum absolute atomic E-state index is 0.0941. The quantitative estimate of drug-likeness (QED) is 0.565. The lowest BCUT2D eigenvalue weighted by molar-refractivity contribution is -0.117. The van der Waals surface area contributed by atoms with Crippen molar-refractivity contribution < 1.29 is 13.2 Å². The van der Waals surface area contributed by atoms with Crippen LogP contribution in [0.25, 0.3) is 5.00 Å². The number of benzene rings is 1. The minimum Gasteiger partial charge on any atom is -0.324 e. The number of carbonyl (C=O) groups is 1. The molecule has 32 heavy (non-hydrogen) atoms. The molecular formula is C20H22ClN5O4S2. The van der Waals surface area contributed by atoms with Crippen LogP contribution in [0.1, 0.15) is 24.6 Å². The van der Waals surface area contributed by atoms with Crippen LogP contribution in [0.2, 0.25) is 5.02 Å². The highest BCUT2D eigenvalue weighted by atomic mass is 35.5. The Morgan fingerprint density at radius 1 is 1.22 bits per heavy atom. The van der Waals surface area contributed by atoms with E-state index in [1.807, 2.05) is 17.5 Å². The van der Waals surface area contributed by atoms with Gasteiger partial charge in [0.25, 0.3) is 0 Å². The van der Waals surface area contributed by atoms with Crippen LogP contribution in [0, 0.1) is 0 Å². The first-order valence-electron chi connectivity index (χ1n) is 9.96. The molecule has 1 aliphatic rings. The van der Waals surface area contributed by atoms with E-state index in [4.69, 9.17) is 11.6 Å². The Labute approximate surface area is 194 Å². The number of thiophene rings is 1. The molecule has 2 aromatic heterocycles. The highest BCUT2D eigenvalue weighted by molar-refractivity contribution is 7.88. The fourth-order valence-corrected chi connectivity index (χ4v) is 5.44. The Morgan fingerprint density at radius 3 is 2.50 bits per heavy atom. The van der Waals surface area contributed by atoms with Crippen LogP contribution >= 0.6 is 22.9 Å². The van der Waals surface area contributed by atoms with Crippen LogP contribution < -0.4 is 11.0 Å². The average molecular weight is 496 g/mol. The summed E-state index contributed by atoms with van der Waals surface area (Å²) >= 11 is 7.27. The molecule has 0 atom stereocenters. The number of nitrogens with one attached hydrogen (secondary N) is 1. The summed E-state index contributed by atoms with van der Waals surface area (Å²) in [6.45, 7) is 0.493. The molecule has 3 aromatic rings. The largest absolute Gasteiger partial charge is 0.351 e. The lowest BCUT2D eigenvalue weighted by atomic mass is 9.97. The van der Waals surface area contributed by atoms with Gasteiger partial charge in [-0.15, -0.1) is 11.3 Å². The summed E-state index contributed by atoms with van der Waals surface area (Å²) in [4.78, 5) is 25.7. The molecule has 1 fully saturated rings. The molecule has 0 aliphatic carbocycles. The number of sulfonamides is 1. The van der Waals surface area contributed by atoms with Crippen LogP contribution in [0.4, 0.5) is 5.69 Å². The van der Waals surface area contributed by atoms with Gasteiger partial charge in [0.1, 0.15) is 17.4 Å². The van der Waals surface area contributed by atoms with E-state index in [0.717, 1.165) is 4.68 Å². The number of amides is 1. The molecule has 4 rings (SSSR count). The van der Waals surface area contributed by atoms with Crippen molar-refractivity contribution in [3.05, 3.63) is 63.1 Å². The second kappa shape index (κ2) is 9.18. The van der Waals surface area contributed by atoms with E-state index < -0.39 is 15.7 Å². The number of piperidine rings is 1. The normalized spacial score (nSPS) is 15.7. The molecule has 0 radical (unpaired) electrons. The van der Waals surface area contributed by atoms with E-state index in [9.17, 15) is 18.0 Å². The lowest BCUT2D eigenvalue weighted by Crippen LogP contribution is -2.37. The van der Waals surface area contributed by atoms with Crippen molar-refractivity contribution in [2.75, 3.05) is 24.7 Å². The third-order valence-corrected chi connectivity index (χ3v) is 7.71. The Hall–Kier alpha value is -2.47. The van der Waals surface area contributed by atoms with Crippen molar-refractivity contribution in [1.29, 1.82) is 0 Å². The van der Waals surface area contributed by atoms with Crippen molar-refractivity contribution in [3.8, 4) is 5.00 Å². The maximum atomic E-state index is 13.2. The monoisotopic (exact) mass is 495 g/mol. The van der Waals surface area contributed by atoms with E-state index in [0.29, 0.717) is 47.5 Å². The number of rotatable bonds is 6. The Bertz CT molecular complexity index is 1260. The standard InChI is InChI=1S/C20H22ClN5O4S2/c1-32(29,30)24-10-8-14(9-11-24)19-23-25(20(28)26(19)18-3-2-12-31-18)13-17(27)22-16-6-4-15(21)5-7-16/h2-7,12,14H,8-11,13H2,1H3,(H,22,27). The third-order valence-electron chi connectivity index (χ3n) is 5.30. The first-order chi connectivity index (χ1) is 15.2. The van der Waals surface area contributed by atoms with E-state index in [2.05, 4.69) is 10.4 Å². The molecule has 0 unspecified atom stereocenters. The first kappa shape index (κ1) is 22.7. The smallest absolute Gasteiger partial charge is 0.324 e. The van der Waals surface area contributed by atoms with Crippen LogP contribution in [0.3, 0.4) is 0 Å². The zero-order valence-corrected chi connectivity index (χ0v) is 19.7. The van der Waals surface area contributed by atoms with Gasteiger partial charge in [-0.25, -0.2) is 26.8 Å². The summed E-state index contributed by atoms with van der Waals surface area (Å²) in [5.74, 6) is 0.0666. The van der Waals surface area contributed by atoms with Crippen molar-refractivity contribution in [2.24, 2.45) is 0 Å². The zero-order chi connectivity index (χ0) is 22.9. The van der Waals surface area contributed by atoms with E-state index in [1.54, 1.807) is 24.3 Å². The predicted octanol–water partition coefficient (Wildman–Crippen LogP) is 2.53. The van der Waals surface area contributed by atoms with E-state index >= 15 is 0 Å². The van der Waals surface area contributed by atoms with Crippen LogP contribution in [0.15, 0.2) is 46.6 Å². The molecule has 1 aromatic carbocycles. The number of nitrogens with zero attached hydrogens (tertiary/aromatic N) is 4. The third kappa shape index (κ3) is 4.96. The number of hydrogen-bond acceptors (Lipinski definition) is 6. The maximum Gasteiger partial charge on any atom is 0.351 e. The van der Waals surface area contributed by atoms with Crippen LogP contribution in [-0.4, -0.2) is 52.3 Å². The van der Waals surface area contributed by atoms with Crippen LogP contribution in [0.5, 0.6) is 0 Å². The van der Waals surface area contributed by atoms with Gasteiger partial charge < -0.3 is 5.32 Å². The van der Waals surface area contributed by atoms with Gasteiger partial charge in [-0.05, 0) is 54.6 Å². The predicted molar refractivity (Wildman–Crippen MR) is 124 cm³/mol. The molecule has 0 saturated carbocycles. The fraction of sp³-hybridized carbons (Fsp3) is 0.350. The molecule has 0 spiro atoms. The SMILES string of the molecule is CS(=O)(=O)N1CCC(c2nn(CC(=O)Nc3ccc(Cl)cc3)c(=O)n2-c2cccs2)CC1. The van der Waals surface area contributed by atoms with Gasteiger partial charge in [-0.2, -0.15) is 5.10 Å². The minimum atomic E-state index is -3.26. The number of anilines is 1. The summed E-state index contributed by atoms with van der Waals surface area (Å²) in [7, 11) is -3.26. The second-order valence-electron chi connectivity index (χ2n) is 7.58. The highest BCUT2D eigenvalue weighted by Crippen LogP contribution is 2.29. The molecular weight excluding hydrogens is 474 g/mol. The Morgan fingerprint density at radius 2 is 1.91 bits per heavy atom. The Kier molecular flexibility index (Phi) is 6.52. The molecule has 1 aliphatic heterocycles. The average Bonchev–Trinajstić information content (AvgIpc) is 3.38.